The molecular weight excluding hydrogens is 220 g/mol. The molecule has 0 fully saturated rings. The maximum atomic E-state index is 11.2. The third-order valence-corrected chi connectivity index (χ3v) is 2.76. The van der Waals surface area contributed by atoms with E-state index in [1.165, 1.54) is 4.68 Å². The molecule has 84 valence electrons. The predicted octanol–water partition coefficient (Wildman–Crippen LogP) is 0.566. The Balaban J connectivity index is 3.41. The molecule has 1 aromatic rings. The summed E-state index contributed by atoms with van der Waals surface area (Å²) in [5, 5.41) is 12.4. The van der Waals surface area contributed by atoms with Gasteiger partial charge >= 0.3 is 5.97 Å². The van der Waals surface area contributed by atoms with Crippen LogP contribution in [-0.4, -0.2) is 35.5 Å². The molecule has 6 nitrogen and oxygen atoms in total. The summed E-state index contributed by atoms with van der Waals surface area (Å²) >= 11 is 0. The quantitative estimate of drug-likeness (QED) is 0.822. The number of carboxylic acids is 1. The molecule has 0 aromatic carbocycles. The highest BCUT2D eigenvalue weighted by atomic mass is 32.2. The van der Waals surface area contributed by atoms with Gasteiger partial charge in [-0.1, -0.05) is 0 Å². The Morgan fingerprint density at radius 3 is 2.33 bits per heavy atom. The first-order chi connectivity index (χ1) is 6.73. The van der Waals surface area contributed by atoms with Crippen LogP contribution < -0.4 is 0 Å². The van der Waals surface area contributed by atoms with Crippen molar-refractivity contribution in [2.45, 2.75) is 24.9 Å². The molecule has 0 aliphatic heterocycles. The molecule has 0 unspecified atom stereocenters. The molecule has 0 amide bonds. The molecule has 0 radical (unpaired) electrons. The Bertz CT molecular complexity index is 487. The molecule has 0 atom stereocenters. The first-order valence-corrected chi connectivity index (χ1v) is 6.15. The van der Waals surface area contributed by atoms with Gasteiger partial charge in [-0.05, 0) is 13.8 Å². The lowest BCUT2D eigenvalue weighted by atomic mass is 10.3. The molecule has 1 heterocycles. The number of sulfone groups is 1. The first-order valence-electron chi connectivity index (χ1n) is 4.26. The lowest BCUT2D eigenvalue weighted by Crippen LogP contribution is -2.12. The molecule has 0 aliphatic rings. The number of aromatic carboxylic acids is 1. The number of carboxylic acid groups (broad SMARTS) is 1. The van der Waals surface area contributed by atoms with Crippen LogP contribution in [0.2, 0.25) is 0 Å². The van der Waals surface area contributed by atoms with Gasteiger partial charge in [0.15, 0.2) is 14.9 Å². The van der Waals surface area contributed by atoms with Crippen LogP contribution in [0, 0.1) is 0 Å². The van der Waals surface area contributed by atoms with Crippen molar-refractivity contribution in [3.05, 3.63) is 11.8 Å². The van der Waals surface area contributed by atoms with E-state index in [1.807, 2.05) is 0 Å². The van der Waals surface area contributed by atoms with Crippen molar-refractivity contribution in [3.63, 3.8) is 0 Å². The second-order valence-corrected chi connectivity index (χ2v) is 5.45. The second kappa shape index (κ2) is 3.65. The van der Waals surface area contributed by atoms with Crippen molar-refractivity contribution in [2.24, 2.45) is 0 Å². The largest absolute Gasteiger partial charge is 0.477 e. The molecule has 0 saturated heterocycles. The average Bonchev–Trinajstić information content (AvgIpc) is 2.45. The van der Waals surface area contributed by atoms with E-state index in [-0.39, 0.29) is 16.8 Å². The van der Waals surface area contributed by atoms with Crippen molar-refractivity contribution in [1.82, 2.24) is 9.78 Å². The van der Waals surface area contributed by atoms with E-state index in [2.05, 4.69) is 5.10 Å². The highest BCUT2D eigenvalue weighted by molar-refractivity contribution is 7.90. The van der Waals surface area contributed by atoms with Gasteiger partial charge in [0.2, 0.25) is 0 Å². The number of nitrogens with zero attached hydrogens (tertiary/aromatic N) is 2. The number of rotatable bonds is 3. The van der Waals surface area contributed by atoms with Crippen LogP contribution in [0.25, 0.3) is 0 Å². The van der Waals surface area contributed by atoms with E-state index < -0.39 is 15.8 Å². The summed E-state index contributed by atoms with van der Waals surface area (Å²) in [5.74, 6) is -1.19. The molecule has 1 N–H and O–H groups in total. The van der Waals surface area contributed by atoms with Gasteiger partial charge in [0.1, 0.15) is 5.69 Å². The molecule has 1 aromatic heterocycles. The molecule has 0 bridgehead atoms. The summed E-state index contributed by atoms with van der Waals surface area (Å²) in [4.78, 5) is 10.8. The average molecular weight is 232 g/mol. The van der Waals surface area contributed by atoms with Crippen LogP contribution in [0.4, 0.5) is 0 Å². The van der Waals surface area contributed by atoms with Gasteiger partial charge in [-0.3, -0.25) is 4.68 Å². The fourth-order valence-electron chi connectivity index (χ4n) is 1.11. The Kier molecular flexibility index (Phi) is 2.85. The summed E-state index contributed by atoms with van der Waals surface area (Å²) in [6, 6.07) is 0.865. The lowest BCUT2D eigenvalue weighted by Gasteiger charge is -2.06. The zero-order valence-electron chi connectivity index (χ0n) is 8.63. The van der Waals surface area contributed by atoms with Crippen molar-refractivity contribution in [3.8, 4) is 0 Å². The number of hydrogen-bond acceptors (Lipinski definition) is 4. The van der Waals surface area contributed by atoms with E-state index in [0.717, 1.165) is 12.3 Å². The van der Waals surface area contributed by atoms with E-state index in [9.17, 15) is 13.2 Å². The molecule has 15 heavy (non-hydrogen) atoms. The minimum Gasteiger partial charge on any atom is -0.477 e. The number of aromatic nitrogens is 2. The van der Waals surface area contributed by atoms with Gasteiger partial charge in [0.25, 0.3) is 0 Å². The summed E-state index contributed by atoms with van der Waals surface area (Å²) in [6.07, 6.45) is 0.992. The van der Waals surface area contributed by atoms with Gasteiger partial charge in [-0.15, -0.1) is 0 Å². The first kappa shape index (κ1) is 11.7. The van der Waals surface area contributed by atoms with E-state index in [1.54, 1.807) is 13.8 Å². The molecule has 1 rings (SSSR count). The highest BCUT2D eigenvalue weighted by Gasteiger charge is 2.20. The van der Waals surface area contributed by atoms with Crippen molar-refractivity contribution in [2.75, 3.05) is 6.26 Å². The van der Waals surface area contributed by atoms with Crippen molar-refractivity contribution >= 4 is 15.8 Å². The molecular formula is C8H12N2O4S. The molecule has 0 aliphatic carbocycles. The van der Waals surface area contributed by atoms with Crippen LogP contribution in [-0.2, 0) is 9.84 Å². The summed E-state index contributed by atoms with van der Waals surface area (Å²) in [5.41, 5.74) is -0.120. The fourth-order valence-corrected chi connectivity index (χ4v) is 1.67. The number of carbonyl (C=O) groups is 1. The Morgan fingerprint density at radius 1 is 1.53 bits per heavy atom. The second-order valence-electron chi connectivity index (χ2n) is 3.48. The molecule has 0 spiro atoms. The van der Waals surface area contributed by atoms with Gasteiger partial charge in [0.05, 0.1) is 0 Å². The van der Waals surface area contributed by atoms with Crippen LogP contribution in [0.5, 0.6) is 0 Å². The minimum atomic E-state index is -3.47. The van der Waals surface area contributed by atoms with Crippen LogP contribution in [0.1, 0.15) is 30.4 Å². The summed E-state index contributed by atoms with van der Waals surface area (Å²) in [6.45, 7) is 3.46. The van der Waals surface area contributed by atoms with Crippen LogP contribution >= 0.6 is 0 Å². The van der Waals surface area contributed by atoms with Gasteiger partial charge in [-0.25, -0.2) is 13.2 Å². The van der Waals surface area contributed by atoms with E-state index in [4.69, 9.17) is 5.11 Å². The van der Waals surface area contributed by atoms with Crippen LogP contribution in [0.3, 0.4) is 0 Å². The normalized spacial score (nSPS) is 12.0. The number of hydrogen-bond donors (Lipinski definition) is 1. The zero-order chi connectivity index (χ0) is 11.8. The SMILES string of the molecule is CC(C)n1nc(S(C)(=O)=O)cc1C(=O)O. The molecule has 7 heteroatoms. The van der Waals surface area contributed by atoms with E-state index >= 15 is 0 Å². The van der Waals surface area contributed by atoms with E-state index in [0.29, 0.717) is 0 Å². The molecule has 0 saturated carbocycles. The standard InChI is InChI=1S/C8H12N2O4S/c1-5(2)10-6(8(11)12)4-7(9-10)15(3,13)14/h4-5H,1-3H3,(H,11,12). The third-order valence-electron chi connectivity index (χ3n) is 1.80. The monoisotopic (exact) mass is 232 g/mol. The lowest BCUT2D eigenvalue weighted by molar-refractivity contribution is 0.0681. The third kappa shape index (κ3) is 2.35. The van der Waals surface area contributed by atoms with Gasteiger partial charge in [0, 0.05) is 18.4 Å². The maximum Gasteiger partial charge on any atom is 0.354 e. The summed E-state index contributed by atoms with van der Waals surface area (Å²) < 4.78 is 23.5. The zero-order valence-corrected chi connectivity index (χ0v) is 9.45. The predicted molar refractivity (Wildman–Crippen MR) is 52.7 cm³/mol. The van der Waals surface area contributed by atoms with Crippen molar-refractivity contribution < 1.29 is 18.3 Å². The highest BCUT2D eigenvalue weighted by Crippen LogP contribution is 2.14. The van der Waals surface area contributed by atoms with Crippen LogP contribution in [0.15, 0.2) is 11.1 Å². The Hall–Kier alpha value is -1.37. The van der Waals surface area contributed by atoms with Gasteiger partial charge < -0.3 is 5.11 Å². The Morgan fingerprint density at radius 2 is 2.07 bits per heavy atom. The van der Waals surface area contributed by atoms with Crippen molar-refractivity contribution in [1.29, 1.82) is 0 Å². The topological polar surface area (TPSA) is 89.3 Å². The Labute approximate surface area is 87.4 Å². The smallest absolute Gasteiger partial charge is 0.354 e. The fraction of sp³-hybridized carbons (Fsp3) is 0.500. The maximum absolute atomic E-state index is 11.2. The van der Waals surface area contributed by atoms with Gasteiger partial charge in [-0.2, -0.15) is 5.10 Å². The minimum absolute atomic E-state index is 0.120. The summed E-state index contributed by atoms with van der Waals surface area (Å²) in [7, 11) is -3.47.